The predicted octanol–water partition coefficient (Wildman–Crippen LogP) is 3.57. The summed E-state index contributed by atoms with van der Waals surface area (Å²) in [7, 11) is 0. The zero-order valence-electron chi connectivity index (χ0n) is 14.2. The summed E-state index contributed by atoms with van der Waals surface area (Å²) in [6.45, 7) is 9.62. The molecule has 0 N–H and O–H groups in total. The highest BCUT2D eigenvalue weighted by Crippen LogP contribution is 2.23. The number of hydrogen-bond acceptors (Lipinski definition) is 2. The number of aryl methyl sites for hydroxylation is 3. The minimum Gasteiger partial charge on any atom is -0.368 e. The normalized spacial score (nSPS) is 14.9. The fourth-order valence-electron chi connectivity index (χ4n) is 3.29. The molecule has 0 radical (unpaired) electrons. The summed E-state index contributed by atoms with van der Waals surface area (Å²) in [6.07, 6.45) is 0. The van der Waals surface area contributed by atoms with Crippen LogP contribution in [-0.2, 0) is 0 Å². The van der Waals surface area contributed by atoms with Crippen molar-refractivity contribution in [3.63, 3.8) is 0 Å². The van der Waals surface area contributed by atoms with Crippen LogP contribution >= 0.6 is 0 Å². The third-order valence-electron chi connectivity index (χ3n) is 4.64. The molecule has 0 atom stereocenters. The van der Waals surface area contributed by atoms with Gasteiger partial charge in [0, 0.05) is 37.4 Å². The minimum atomic E-state index is 0.156. The van der Waals surface area contributed by atoms with Crippen LogP contribution in [0.1, 0.15) is 27.0 Å². The predicted molar refractivity (Wildman–Crippen MR) is 95.2 cm³/mol. The highest BCUT2D eigenvalue weighted by atomic mass is 16.2. The molecular weight excluding hydrogens is 284 g/mol. The van der Waals surface area contributed by atoms with Crippen LogP contribution in [0.3, 0.4) is 0 Å². The van der Waals surface area contributed by atoms with E-state index in [9.17, 15) is 4.79 Å². The van der Waals surface area contributed by atoms with Crippen LogP contribution in [0, 0.1) is 20.8 Å². The Morgan fingerprint density at radius 3 is 2.22 bits per heavy atom. The Balaban J connectivity index is 1.69. The van der Waals surface area contributed by atoms with Gasteiger partial charge in [-0.15, -0.1) is 0 Å². The van der Waals surface area contributed by atoms with Gasteiger partial charge in [0.25, 0.3) is 5.91 Å². The Morgan fingerprint density at radius 1 is 0.870 bits per heavy atom. The Morgan fingerprint density at radius 2 is 1.57 bits per heavy atom. The van der Waals surface area contributed by atoms with E-state index in [2.05, 4.69) is 36.9 Å². The SMILES string of the molecule is Cc1ccc(N2CCN(C(=O)c3ccccc3C)CC2)c(C)c1. The lowest BCUT2D eigenvalue weighted by Crippen LogP contribution is -2.49. The lowest BCUT2D eigenvalue weighted by molar-refractivity contribution is 0.0746. The molecule has 3 nitrogen and oxygen atoms in total. The van der Waals surface area contributed by atoms with E-state index in [0.717, 1.165) is 37.3 Å². The van der Waals surface area contributed by atoms with Gasteiger partial charge in [-0.3, -0.25) is 4.79 Å². The van der Waals surface area contributed by atoms with E-state index in [4.69, 9.17) is 0 Å². The van der Waals surface area contributed by atoms with E-state index in [0.29, 0.717) is 0 Å². The monoisotopic (exact) mass is 308 g/mol. The van der Waals surface area contributed by atoms with Gasteiger partial charge >= 0.3 is 0 Å². The van der Waals surface area contributed by atoms with Gasteiger partial charge in [0.15, 0.2) is 0 Å². The number of carbonyl (C=O) groups is 1. The first-order valence-corrected chi connectivity index (χ1v) is 8.23. The average molecular weight is 308 g/mol. The lowest BCUT2D eigenvalue weighted by Gasteiger charge is -2.37. The van der Waals surface area contributed by atoms with Gasteiger partial charge in [0.1, 0.15) is 0 Å². The van der Waals surface area contributed by atoms with Crippen molar-refractivity contribution < 1.29 is 4.79 Å². The summed E-state index contributed by atoms with van der Waals surface area (Å²) in [5.41, 5.74) is 5.77. The molecule has 23 heavy (non-hydrogen) atoms. The molecule has 0 aromatic heterocycles. The zero-order valence-corrected chi connectivity index (χ0v) is 14.2. The summed E-state index contributed by atoms with van der Waals surface area (Å²) in [5, 5.41) is 0. The van der Waals surface area contributed by atoms with Gasteiger partial charge in [-0.2, -0.15) is 0 Å². The van der Waals surface area contributed by atoms with Crippen molar-refractivity contribution in [3.8, 4) is 0 Å². The largest absolute Gasteiger partial charge is 0.368 e. The van der Waals surface area contributed by atoms with E-state index >= 15 is 0 Å². The molecule has 3 rings (SSSR count). The third kappa shape index (κ3) is 3.24. The summed E-state index contributed by atoms with van der Waals surface area (Å²) in [5.74, 6) is 0.156. The molecule has 0 aliphatic carbocycles. The van der Waals surface area contributed by atoms with Crippen LogP contribution in [0.5, 0.6) is 0 Å². The summed E-state index contributed by atoms with van der Waals surface area (Å²) in [4.78, 5) is 17.0. The smallest absolute Gasteiger partial charge is 0.254 e. The molecule has 2 aromatic rings. The molecule has 120 valence electrons. The standard InChI is InChI=1S/C20H24N2O/c1-15-8-9-19(17(3)14-15)21-10-12-22(13-11-21)20(23)18-7-5-4-6-16(18)2/h4-9,14H,10-13H2,1-3H3. The molecule has 1 aliphatic rings. The van der Waals surface area contributed by atoms with E-state index in [1.165, 1.54) is 16.8 Å². The van der Waals surface area contributed by atoms with E-state index < -0.39 is 0 Å². The van der Waals surface area contributed by atoms with Crippen LogP contribution in [-0.4, -0.2) is 37.0 Å². The maximum absolute atomic E-state index is 12.7. The summed E-state index contributed by atoms with van der Waals surface area (Å²) in [6, 6.07) is 14.4. The van der Waals surface area contributed by atoms with Crippen molar-refractivity contribution in [2.24, 2.45) is 0 Å². The van der Waals surface area contributed by atoms with Gasteiger partial charge in [-0.25, -0.2) is 0 Å². The van der Waals surface area contributed by atoms with E-state index in [1.54, 1.807) is 0 Å². The second kappa shape index (κ2) is 6.45. The molecule has 1 fully saturated rings. The highest BCUT2D eigenvalue weighted by molar-refractivity contribution is 5.95. The molecule has 1 saturated heterocycles. The molecule has 0 unspecified atom stereocenters. The third-order valence-corrected chi connectivity index (χ3v) is 4.64. The van der Waals surface area contributed by atoms with Crippen molar-refractivity contribution >= 4 is 11.6 Å². The molecule has 1 heterocycles. The van der Waals surface area contributed by atoms with Crippen LogP contribution in [0.4, 0.5) is 5.69 Å². The number of nitrogens with zero attached hydrogens (tertiary/aromatic N) is 2. The topological polar surface area (TPSA) is 23.6 Å². The Labute approximate surface area is 138 Å². The number of anilines is 1. The second-order valence-corrected chi connectivity index (χ2v) is 6.38. The van der Waals surface area contributed by atoms with Gasteiger partial charge < -0.3 is 9.80 Å². The second-order valence-electron chi connectivity index (χ2n) is 6.38. The quantitative estimate of drug-likeness (QED) is 0.846. The van der Waals surface area contributed by atoms with Crippen molar-refractivity contribution in [2.45, 2.75) is 20.8 Å². The Hall–Kier alpha value is -2.29. The molecular formula is C20H24N2O. The number of carbonyl (C=O) groups excluding carboxylic acids is 1. The van der Waals surface area contributed by atoms with Gasteiger partial charge in [-0.05, 0) is 44.0 Å². The average Bonchev–Trinajstić information content (AvgIpc) is 2.55. The number of hydrogen-bond donors (Lipinski definition) is 0. The van der Waals surface area contributed by atoms with Gasteiger partial charge in [0.2, 0.25) is 0 Å². The first-order chi connectivity index (χ1) is 11.1. The Kier molecular flexibility index (Phi) is 4.37. The number of rotatable bonds is 2. The fourth-order valence-corrected chi connectivity index (χ4v) is 3.29. The molecule has 1 amide bonds. The molecule has 1 aliphatic heterocycles. The van der Waals surface area contributed by atoms with E-state index in [-0.39, 0.29) is 5.91 Å². The molecule has 2 aromatic carbocycles. The van der Waals surface area contributed by atoms with Crippen molar-refractivity contribution in [1.82, 2.24) is 4.90 Å². The van der Waals surface area contributed by atoms with Crippen LogP contribution in [0.25, 0.3) is 0 Å². The number of piperazine rings is 1. The lowest BCUT2D eigenvalue weighted by atomic mass is 10.1. The molecule has 0 spiro atoms. The summed E-state index contributed by atoms with van der Waals surface area (Å²) >= 11 is 0. The first-order valence-electron chi connectivity index (χ1n) is 8.23. The molecule has 3 heteroatoms. The summed E-state index contributed by atoms with van der Waals surface area (Å²) < 4.78 is 0. The van der Waals surface area contributed by atoms with Crippen molar-refractivity contribution in [2.75, 3.05) is 31.1 Å². The van der Waals surface area contributed by atoms with Gasteiger partial charge in [0.05, 0.1) is 0 Å². The molecule has 0 saturated carbocycles. The number of benzene rings is 2. The fraction of sp³-hybridized carbons (Fsp3) is 0.350. The highest BCUT2D eigenvalue weighted by Gasteiger charge is 2.23. The van der Waals surface area contributed by atoms with Crippen LogP contribution in [0.15, 0.2) is 42.5 Å². The molecule has 0 bridgehead atoms. The maximum atomic E-state index is 12.7. The zero-order chi connectivity index (χ0) is 16.4. The van der Waals surface area contributed by atoms with Crippen molar-refractivity contribution in [3.05, 3.63) is 64.7 Å². The van der Waals surface area contributed by atoms with Crippen LogP contribution < -0.4 is 4.90 Å². The van der Waals surface area contributed by atoms with E-state index in [1.807, 2.05) is 36.1 Å². The van der Waals surface area contributed by atoms with Crippen molar-refractivity contribution in [1.29, 1.82) is 0 Å². The minimum absolute atomic E-state index is 0.156. The van der Waals surface area contributed by atoms with Crippen LogP contribution in [0.2, 0.25) is 0 Å². The number of amides is 1. The maximum Gasteiger partial charge on any atom is 0.254 e. The first kappa shape index (κ1) is 15.6. The van der Waals surface area contributed by atoms with Gasteiger partial charge in [-0.1, -0.05) is 35.9 Å². The Bertz CT molecular complexity index is 715.